The van der Waals surface area contributed by atoms with Crippen molar-refractivity contribution in [3.05, 3.63) is 34.7 Å². The molecule has 0 bridgehead atoms. The van der Waals surface area contributed by atoms with E-state index in [0.717, 1.165) is 24.1 Å². The standard InChI is InChI=1S/C17H22ClN5O/c1-11-10-19-15(18)9-14(11)20-17(24)21-16-8-12(2)23(22-16)13-6-4-3-5-7-13/h8-10,13H,3-7H2,1-2H3,(H2,19,20,21,22,24). The Kier molecular flexibility index (Phi) is 5.04. The SMILES string of the molecule is Cc1cnc(Cl)cc1NC(=O)Nc1cc(C)n(C2CCCCC2)n1. The number of halogens is 1. The second-order valence-corrected chi connectivity index (χ2v) is 6.70. The van der Waals surface area contributed by atoms with Crippen molar-refractivity contribution in [1.29, 1.82) is 0 Å². The first-order chi connectivity index (χ1) is 11.5. The molecular weight excluding hydrogens is 326 g/mol. The summed E-state index contributed by atoms with van der Waals surface area (Å²) < 4.78 is 2.04. The van der Waals surface area contributed by atoms with E-state index < -0.39 is 0 Å². The lowest BCUT2D eigenvalue weighted by Gasteiger charge is -2.23. The highest BCUT2D eigenvalue weighted by Gasteiger charge is 2.19. The minimum absolute atomic E-state index is 0.339. The number of urea groups is 1. The van der Waals surface area contributed by atoms with Crippen molar-refractivity contribution in [2.75, 3.05) is 10.6 Å². The predicted molar refractivity (Wildman–Crippen MR) is 95.7 cm³/mol. The van der Waals surface area contributed by atoms with Gasteiger partial charge in [-0.2, -0.15) is 5.10 Å². The fourth-order valence-electron chi connectivity index (χ4n) is 3.15. The molecule has 0 spiro atoms. The predicted octanol–water partition coefficient (Wildman–Crippen LogP) is 4.70. The molecule has 1 aliphatic rings. The zero-order valence-electron chi connectivity index (χ0n) is 14.0. The van der Waals surface area contributed by atoms with Crippen LogP contribution in [0.3, 0.4) is 0 Å². The van der Waals surface area contributed by atoms with Crippen molar-refractivity contribution in [2.24, 2.45) is 0 Å². The molecule has 1 fully saturated rings. The van der Waals surface area contributed by atoms with Crippen LogP contribution in [-0.2, 0) is 0 Å². The quantitative estimate of drug-likeness (QED) is 0.790. The number of hydrogen-bond acceptors (Lipinski definition) is 3. The van der Waals surface area contributed by atoms with Gasteiger partial charge in [0.25, 0.3) is 0 Å². The van der Waals surface area contributed by atoms with E-state index in [2.05, 4.69) is 20.7 Å². The maximum atomic E-state index is 12.2. The van der Waals surface area contributed by atoms with E-state index in [9.17, 15) is 4.79 Å². The molecule has 2 aromatic heterocycles. The molecule has 1 saturated carbocycles. The summed E-state index contributed by atoms with van der Waals surface area (Å²) >= 11 is 5.87. The maximum absolute atomic E-state index is 12.2. The minimum Gasteiger partial charge on any atom is -0.307 e. The van der Waals surface area contributed by atoms with Gasteiger partial charge in [-0.15, -0.1) is 0 Å². The van der Waals surface area contributed by atoms with Crippen LogP contribution in [0.1, 0.15) is 49.4 Å². The first-order valence-corrected chi connectivity index (χ1v) is 8.67. The number of hydrogen-bond donors (Lipinski definition) is 2. The van der Waals surface area contributed by atoms with Gasteiger partial charge in [-0.25, -0.2) is 9.78 Å². The van der Waals surface area contributed by atoms with Crippen LogP contribution in [0, 0.1) is 13.8 Å². The number of carbonyl (C=O) groups is 1. The first kappa shape index (κ1) is 16.8. The van der Waals surface area contributed by atoms with Crippen LogP contribution in [0.25, 0.3) is 0 Å². The zero-order chi connectivity index (χ0) is 17.1. The third-order valence-electron chi connectivity index (χ3n) is 4.40. The number of amides is 2. The van der Waals surface area contributed by atoms with Crippen molar-refractivity contribution in [1.82, 2.24) is 14.8 Å². The average Bonchev–Trinajstić information content (AvgIpc) is 2.92. The Morgan fingerprint density at radius 3 is 2.71 bits per heavy atom. The molecule has 7 heteroatoms. The lowest BCUT2D eigenvalue weighted by atomic mass is 9.95. The van der Waals surface area contributed by atoms with E-state index in [1.165, 1.54) is 19.3 Å². The van der Waals surface area contributed by atoms with Gasteiger partial charge in [0.15, 0.2) is 5.82 Å². The van der Waals surface area contributed by atoms with Crippen LogP contribution >= 0.6 is 11.6 Å². The summed E-state index contributed by atoms with van der Waals surface area (Å²) in [5.74, 6) is 0.563. The van der Waals surface area contributed by atoms with Crippen molar-refractivity contribution in [3.63, 3.8) is 0 Å². The fraction of sp³-hybridized carbons (Fsp3) is 0.471. The van der Waals surface area contributed by atoms with E-state index in [4.69, 9.17) is 11.6 Å². The summed E-state index contributed by atoms with van der Waals surface area (Å²) in [6, 6.07) is 3.63. The second-order valence-electron chi connectivity index (χ2n) is 6.31. The van der Waals surface area contributed by atoms with E-state index in [-0.39, 0.29) is 6.03 Å². The molecule has 0 saturated heterocycles. The number of carbonyl (C=O) groups excluding carboxylic acids is 1. The Hall–Kier alpha value is -2.08. The lowest BCUT2D eigenvalue weighted by Crippen LogP contribution is -2.21. The molecule has 6 nitrogen and oxygen atoms in total. The summed E-state index contributed by atoms with van der Waals surface area (Å²) in [7, 11) is 0. The van der Waals surface area contributed by atoms with Gasteiger partial charge in [0.05, 0.1) is 6.04 Å². The van der Waals surface area contributed by atoms with Crippen LogP contribution in [0.15, 0.2) is 18.3 Å². The minimum atomic E-state index is -0.339. The monoisotopic (exact) mass is 347 g/mol. The third kappa shape index (κ3) is 3.87. The van der Waals surface area contributed by atoms with E-state index in [1.54, 1.807) is 12.3 Å². The number of pyridine rings is 1. The average molecular weight is 348 g/mol. The Balaban J connectivity index is 1.67. The molecule has 2 N–H and O–H groups in total. The molecule has 1 aliphatic carbocycles. The maximum Gasteiger partial charge on any atom is 0.324 e. The molecular formula is C17H22ClN5O. The molecule has 0 unspecified atom stereocenters. The Labute approximate surface area is 146 Å². The number of rotatable bonds is 3. The number of aryl methyl sites for hydroxylation is 2. The summed E-state index contributed by atoms with van der Waals surface area (Å²) in [4.78, 5) is 16.2. The second kappa shape index (κ2) is 7.21. The van der Waals surface area contributed by atoms with Crippen LogP contribution in [0.2, 0.25) is 5.15 Å². The molecule has 0 aliphatic heterocycles. The lowest BCUT2D eigenvalue weighted by molar-refractivity contribution is 0.262. The summed E-state index contributed by atoms with van der Waals surface area (Å²) in [5.41, 5.74) is 2.55. The normalized spacial score (nSPS) is 15.3. The smallest absolute Gasteiger partial charge is 0.307 e. The van der Waals surface area contributed by atoms with Gasteiger partial charge in [-0.1, -0.05) is 30.9 Å². The molecule has 2 amide bonds. The highest BCUT2D eigenvalue weighted by molar-refractivity contribution is 6.29. The fourth-order valence-corrected chi connectivity index (χ4v) is 3.30. The summed E-state index contributed by atoms with van der Waals surface area (Å²) in [6.45, 7) is 3.89. The van der Waals surface area contributed by atoms with Gasteiger partial charge in [0.2, 0.25) is 0 Å². The van der Waals surface area contributed by atoms with Crippen molar-refractivity contribution in [2.45, 2.75) is 52.0 Å². The van der Waals surface area contributed by atoms with Gasteiger partial charge >= 0.3 is 6.03 Å². The van der Waals surface area contributed by atoms with Gasteiger partial charge in [0.1, 0.15) is 5.15 Å². The Morgan fingerprint density at radius 1 is 1.21 bits per heavy atom. The van der Waals surface area contributed by atoms with Crippen molar-refractivity contribution >= 4 is 29.1 Å². The zero-order valence-corrected chi connectivity index (χ0v) is 14.7. The highest BCUT2D eigenvalue weighted by atomic mass is 35.5. The molecule has 0 radical (unpaired) electrons. The molecule has 2 heterocycles. The molecule has 128 valence electrons. The summed E-state index contributed by atoms with van der Waals surface area (Å²) in [6.07, 6.45) is 7.73. The summed E-state index contributed by atoms with van der Waals surface area (Å²) in [5, 5.41) is 10.5. The van der Waals surface area contributed by atoms with E-state index >= 15 is 0 Å². The Morgan fingerprint density at radius 2 is 1.96 bits per heavy atom. The van der Waals surface area contributed by atoms with Gasteiger partial charge in [-0.3, -0.25) is 10.00 Å². The van der Waals surface area contributed by atoms with Crippen molar-refractivity contribution in [3.8, 4) is 0 Å². The molecule has 3 rings (SSSR count). The molecule has 0 atom stereocenters. The Bertz CT molecular complexity index is 737. The first-order valence-electron chi connectivity index (χ1n) is 8.29. The number of nitrogens with zero attached hydrogens (tertiary/aromatic N) is 3. The third-order valence-corrected chi connectivity index (χ3v) is 4.61. The molecule has 0 aromatic carbocycles. The highest BCUT2D eigenvalue weighted by Crippen LogP contribution is 2.29. The number of nitrogens with one attached hydrogen (secondary N) is 2. The van der Waals surface area contributed by atoms with E-state index in [0.29, 0.717) is 22.7 Å². The van der Waals surface area contributed by atoms with Crippen LogP contribution in [0.4, 0.5) is 16.3 Å². The van der Waals surface area contributed by atoms with Crippen molar-refractivity contribution < 1.29 is 4.79 Å². The topological polar surface area (TPSA) is 71.8 Å². The number of anilines is 2. The van der Waals surface area contributed by atoms with Gasteiger partial charge < -0.3 is 5.32 Å². The largest absolute Gasteiger partial charge is 0.324 e. The van der Waals surface area contributed by atoms with Gasteiger partial charge in [0, 0.05) is 23.6 Å². The van der Waals surface area contributed by atoms with E-state index in [1.807, 2.05) is 24.6 Å². The molecule has 24 heavy (non-hydrogen) atoms. The number of aromatic nitrogens is 3. The van der Waals surface area contributed by atoms with Crippen LogP contribution < -0.4 is 10.6 Å². The van der Waals surface area contributed by atoms with Crippen LogP contribution in [-0.4, -0.2) is 20.8 Å². The van der Waals surface area contributed by atoms with Crippen LogP contribution in [0.5, 0.6) is 0 Å². The molecule has 2 aromatic rings. The van der Waals surface area contributed by atoms with Gasteiger partial charge in [-0.05, 0) is 38.3 Å².